The predicted octanol–water partition coefficient (Wildman–Crippen LogP) is 1.99. The molecule has 21 heavy (non-hydrogen) atoms. The van der Waals surface area contributed by atoms with Gasteiger partial charge in [-0.2, -0.15) is 14.4 Å². The number of imidazole rings is 1. The molecule has 0 aliphatic carbocycles. The van der Waals surface area contributed by atoms with Gasteiger partial charge in [-0.3, -0.25) is 0 Å². The van der Waals surface area contributed by atoms with Gasteiger partial charge in [-0.25, -0.2) is 4.98 Å². The van der Waals surface area contributed by atoms with Crippen LogP contribution in [0.5, 0.6) is 0 Å². The first kappa shape index (κ1) is 15.9. The molecule has 0 amide bonds. The molecular weight excluding hydrogens is 295 g/mol. The summed E-state index contributed by atoms with van der Waals surface area (Å²) in [5.41, 5.74) is 1.16. The molecule has 6 nitrogen and oxygen atoms in total. The van der Waals surface area contributed by atoms with Crippen molar-refractivity contribution in [2.75, 3.05) is 18.4 Å². The third-order valence-corrected chi connectivity index (χ3v) is 3.79. The fraction of sp³-hybridized carbons (Fsp3) is 0.615. The normalized spacial score (nSPS) is 21.8. The number of hydrogen-bond donors (Lipinski definition) is 2. The number of fused-ring (bicyclic) bond motifs is 1. The lowest BCUT2D eigenvalue weighted by Crippen LogP contribution is -2.27. The minimum Gasteiger partial charge on any atom is -0.364 e. The summed E-state index contributed by atoms with van der Waals surface area (Å²) in [6.45, 7) is 7.97. The van der Waals surface area contributed by atoms with Crippen LogP contribution < -0.4 is 10.6 Å². The Hall–Kier alpha value is -1.47. The van der Waals surface area contributed by atoms with Crippen LogP contribution in [0.3, 0.4) is 0 Å². The lowest BCUT2D eigenvalue weighted by molar-refractivity contribution is 0.534. The van der Waals surface area contributed by atoms with Crippen molar-refractivity contribution < 1.29 is 4.39 Å². The Balaban J connectivity index is 0.00000161. The van der Waals surface area contributed by atoms with Gasteiger partial charge >= 0.3 is 6.08 Å². The number of rotatable bonds is 3. The molecule has 3 heterocycles. The summed E-state index contributed by atoms with van der Waals surface area (Å²) < 4.78 is 15.5. The highest BCUT2D eigenvalue weighted by atomic mass is 35.5. The van der Waals surface area contributed by atoms with Crippen LogP contribution in [0, 0.1) is 12.0 Å². The van der Waals surface area contributed by atoms with Gasteiger partial charge in [-0.1, -0.05) is 6.92 Å². The summed E-state index contributed by atoms with van der Waals surface area (Å²) in [5, 5.41) is 6.60. The molecule has 0 unspecified atom stereocenters. The van der Waals surface area contributed by atoms with E-state index in [2.05, 4.69) is 32.5 Å². The first-order chi connectivity index (χ1) is 9.56. The summed E-state index contributed by atoms with van der Waals surface area (Å²) in [4.78, 5) is 12.1. The fourth-order valence-electron chi connectivity index (χ4n) is 2.55. The van der Waals surface area contributed by atoms with E-state index >= 15 is 0 Å². The maximum atomic E-state index is 13.7. The van der Waals surface area contributed by atoms with Gasteiger partial charge in [0, 0.05) is 18.6 Å². The Morgan fingerprint density at radius 3 is 2.76 bits per heavy atom. The van der Waals surface area contributed by atoms with Crippen molar-refractivity contribution in [2.24, 2.45) is 5.92 Å². The van der Waals surface area contributed by atoms with E-state index in [9.17, 15) is 4.39 Å². The zero-order valence-electron chi connectivity index (χ0n) is 12.3. The van der Waals surface area contributed by atoms with Crippen LogP contribution in [-0.2, 0) is 0 Å². The molecule has 0 saturated carbocycles. The van der Waals surface area contributed by atoms with E-state index in [1.54, 1.807) is 6.33 Å². The van der Waals surface area contributed by atoms with Crippen molar-refractivity contribution in [1.82, 2.24) is 24.8 Å². The van der Waals surface area contributed by atoms with Crippen molar-refractivity contribution >= 4 is 29.4 Å². The average molecular weight is 315 g/mol. The molecule has 1 saturated heterocycles. The largest absolute Gasteiger partial charge is 0.364 e. The lowest BCUT2D eigenvalue weighted by atomic mass is 10.1. The first-order valence-corrected chi connectivity index (χ1v) is 6.93. The highest BCUT2D eigenvalue weighted by Crippen LogP contribution is 2.23. The second-order valence-electron chi connectivity index (χ2n) is 5.65. The first-order valence-electron chi connectivity index (χ1n) is 6.93. The number of anilines is 1. The van der Waals surface area contributed by atoms with Crippen LogP contribution in [0.25, 0.3) is 11.2 Å². The molecular formula is C13H20ClFN6. The zero-order valence-corrected chi connectivity index (χ0v) is 13.1. The quantitative estimate of drug-likeness (QED) is 0.848. The third kappa shape index (κ3) is 2.94. The highest BCUT2D eigenvalue weighted by molar-refractivity contribution is 5.85. The van der Waals surface area contributed by atoms with E-state index in [4.69, 9.17) is 0 Å². The predicted molar refractivity (Wildman–Crippen MR) is 82.4 cm³/mol. The number of halogens is 2. The molecule has 0 radical (unpaired) electrons. The SMILES string of the molecule is CC(C)n1cnc2c(N[C@@H]3CNC[C@H]3C)nc(F)nc21.Cl. The topological polar surface area (TPSA) is 67.7 Å². The van der Waals surface area contributed by atoms with Gasteiger partial charge in [-0.15, -0.1) is 12.4 Å². The Labute approximate surface area is 129 Å². The van der Waals surface area contributed by atoms with Crippen molar-refractivity contribution in [1.29, 1.82) is 0 Å². The highest BCUT2D eigenvalue weighted by Gasteiger charge is 2.25. The molecule has 2 N–H and O–H groups in total. The molecule has 1 aliphatic rings. The van der Waals surface area contributed by atoms with Crippen LogP contribution in [0.2, 0.25) is 0 Å². The number of aromatic nitrogens is 4. The molecule has 8 heteroatoms. The van der Waals surface area contributed by atoms with Crippen molar-refractivity contribution in [2.45, 2.75) is 32.9 Å². The molecule has 0 aromatic carbocycles. The molecule has 0 spiro atoms. The molecule has 3 rings (SSSR count). The van der Waals surface area contributed by atoms with E-state index in [-0.39, 0.29) is 24.5 Å². The van der Waals surface area contributed by atoms with Crippen LogP contribution in [0.15, 0.2) is 6.33 Å². The molecule has 2 atom stereocenters. The second-order valence-corrected chi connectivity index (χ2v) is 5.65. The van der Waals surface area contributed by atoms with Crippen LogP contribution in [0.4, 0.5) is 10.2 Å². The van der Waals surface area contributed by atoms with Gasteiger partial charge < -0.3 is 15.2 Å². The second kappa shape index (κ2) is 6.11. The van der Waals surface area contributed by atoms with E-state index in [0.29, 0.717) is 22.9 Å². The van der Waals surface area contributed by atoms with E-state index < -0.39 is 6.08 Å². The number of nitrogens with one attached hydrogen (secondary N) is 2. The van der Waals surface area contributed by atoms with Crippen LogP contribution in [-0.4, -0.2) is 38.7 Å². The summed E-state index contributed by atoms with van der Waals surface area (Å²) in [7, 11) is 0. The van der Waals surface area contributed by atoms with E-state index in [1.165, 1.54) is 0 Å². The van der Waals surface area contributed by atoms with Gasteiger partial charge in [0.05, 0.1) is 6.33 Å². The van der Waals surface area contributed by atoms with E-state index in [0.717, 1.165) is 13.1 Å². The minimum atomic E-state index is -0.721. The van der Waals surface area contributed by atoms with Gasteiger partial charge in [0.2, 0.25) is 0 Å². The van der Waals surface area contributed by atoms with E-state index in [1.807, 2.05) is 18.4 Å². The molecule has 2 aromatic heterocycles. The Morgan fingerprint density at radius 1 is 1.38 bits per heavy atom. The smallest absolute Gasteiger partial charge is 0.312 e. The van der Waals surface area contributed by atoms with Crippen LogP contribution >= 0.6 is 12.4 Å². The monoisotopic (exact) mass is 314 g/mol. The van der Waals surface area contributed by atoms with Gasteiger partial charge in [-0.05, 0) is 26.3 Å². The Bertz CT molecular complexity index is 628. The minimum absolute atomic E-state index is 0. The Morgan fingerprint density at radius 2 is 2.14 bits per heavy atom. The molecule has 116 valence electrons. The fourth-order valence-corrected chi connectivity index (χ4v) is 2.55. The summed E-state index contributed by atoms with van der Waals surface area (Å²) in [6.07, 6.45) is 0.964. The van der Waals surface area contributed by atoms with Gasteiger partial charge in [0.15, 0.2) is 17.0 Å². The number of hydrogen-bond acceptors (Lipinski definition) is 5. The van der Waals surface area contributed by atoms with Crippen molar-refractivity contribution in [3.05, 3.63) is 12.4 Å². The van der Waals surface area contributed by atoms with Gasteiger partial charge in [0.25, 0.3) is 0 Å². The number of nitrogens with zero attached hydrogens (tertiary/aromatic N) is 4. The maximum absolute atomic E-state index is 13.7. The third-order valence-electron chi connectivity index (χ3n) is 3.79. The van der Waals surface area contributed by atoms with Crippen molar-refractivity contribution in [3.63, 3.8) is 0 Å². The Kier molecular flexibility index (Phi) is 4.63. The van der Waals surface area contributed by atoms with Crippen LogP contribution in [0.1, 0.15) is 26.8 Å². The average Bonchev–Trinajstić information content (AvgIpc) is 2.96. The summed E-state index contributed by atoms with van der Waals surface area (Å²) in [5.74, 6) is 0.947. The summed E-state index contributed by atoms with van der Waals surface area (Å²) in [6, 6.07) is 0.408. The molecule has 0 bridgehead atoms. The molecule has 1 aliphatic heterocycles. The zero-order chi connectivity index (χ0) is 14.3. The standard InChI is InChI=1S/C13H19FN6.ClH/c1-7(2)20-6-16-10-11(18-13(14)19-12(10)20)17-9-5-15-4-8(9)3;/h6-9,15H,4-5H2,1-3H3,(H,17,18,19);1H/t8-,9-;/m1./s1. The van der Waals surface area contributed by atoms with Crippen molar-refractivity contribution in [3.8, 4) is 0 Å². The van der Waals surface area contributed by atoms with Gasteiger partial charge in [0.1, 0.15) is 0 Å². The molecule has 1 fully saturated rings. The lowest BCUT2D eigenvalue weighted by Gasteiger charge is -2.17. The molecule has 2 aromatic rings. The maximum Gasteiger partial charge on any atom is 0.312 e. The summed E-state index contributed by atoms with van der Waals surface area (Å²) >= 11 is 0.